The van der Waals surface area contributed by atoms with Gasteiger partial charge in [-0.05, 0) is 5.57 Å². The van der Waals surface area contributed by atoms with Gasteiger partial charge in [-0.15, -0.1) is 0 Å². The summed E-state index contributed by atoms with van der Waals surface area (Å²) in [5.74, 6) is 0. The van der Waals surface area contributed by atoms with E-state index in [2.05, 4.69) is 11.7 Å². The maximum atomic E-state index is 12.4. The number of nitrogens with two attached hydrogens (primary N) is 1. The third-order valence-electron chi connectivity index (χ3n) is 1.72. The molecule has 0 fully saturated rings. The van der Waals surface area contributed by atoms with Gasteiger partial charge in [0.2, 0.25) is 0 Å². The van der Waals surface area contributed by atoms with Gasteiger partial charge in [-0.1, -0.05) is 6.58 Å². The van der Waals surface area contributed by atoms with Crippen LogP contribution in [-0.2, 0) is 13.2 Å². The largest absolute Gasteiger partial charge is 0.435 e. The molecule has 78 valence electrons. The minimum absolute atomic E-state index is 0.0191. The molecule has 2 N–H and O–H groups in total. The number of rotatable bonds is 2. The third kappa shape index (κ3) is 1.95. The molecule has 0 saturated carbocycles. The van der Waals surface area contributed by atoms with Gasteiger partial charge < -0.3 is 5.73 Å². The van der Waals surface area contributed by atoms with E-state index in [4.69, 9.17) is 5.73 Å². The lowest BCUT2D eigenvalue weighted by molar-refractivity contribution is -0.141. The summed E-state index contributed by atoms with van der Waals surface area (Å²) in [6.45, 7) is 3.43. The van der Waals surface area contributed by atoms with Crippen LogP contribution >= 0.6 is 0 Å². The second kappa shape index (κ2) is 3.45. The van der Waals surface area contributed by atoms with Crippen molar-refractivity contribution in [1.29, 1.82) is 0 Å². The Bertz CT molecular complexity index is 351. The van der Waals surface area contributed by atoms with Crippen molar-refractivity contribution in [2.45, 2.75) is 6.18 Å². The molecule has 6 heteroatoms. The summed E-state index contributed by atoms with van der Waals surface area (Å²) in [6, 6.07) is 0. The van der Waals surface area contributed by atoms with E-state index < -0.39 is 11.9 Å². The van der Waals surface area contributed by atoms with E-state index >= 15 is 0 Å². The van der Waals surface area contributed by atoms with E-state index in [-0.39, 0.29) is 17.7 Å². The lowest BCUT2D eigenvalue weighted by Gasteiger charge is -2.06. The number of hydrogen-bond acceptors (Lipinski definition) is 2. The highest BCUT2D eigenvalue weighted by Gasteiger charge is 2.37. The molecule has 0 bridgehead atoms. The molecule has 0 saturated heterocycles. The van der Waals surface area contributed by atoms with Gasteiger partial charge in [0, 0.05) is 25.4 Å². The predicted octanol–water partition coefficient (Wildman–Crippen LogP) is 1.41. The van der Waals surface area contributed by atoms with Gasteiger partial charge in [0.15, 0.2) is 5.69 Å². The molecule has 0 aliphatic rings. The van der Waals surface area contributed by atoms with Gasteiger partial charge in [-0.3, -0.25) is 4.68 Å². The Morgan fingerprint density at radius 1 is 1.64 bits per heavy atom. The van der Waals surface area contributed by atoms with E-state index in [9.17, 15) is 13.2 Å². The predicted molar refractivity (Wildman–Crippen MR) is 46.3 cm³/mol. The molecule has 1 aromatic rings. The van der Waals surface area contributed by atoms with Crippen LogP contribution in [0.5, 0.6) is 0 Å². The van der Waals surface area contributed by atoms with Crippen LogP contribution in [0.15, 0.2) is 12.8 Å². The summed E-state index contributed by atoms with van der Waals surface area (Å²) >= 11 is 0. The minimum atomic E-state index is -4.46. The highest BCUT2D eigenvalue weighted by molar-refractivity contribution is 5.66. The van der Waals surface area contributed by atoms with Crippen LogP contribution in [0.4, 0.5) is 13.2 Å². The summed E-state index contributed by atoms with van der Waals surface area (Å²) in [7, 11) is 1.42. The zero-order valence-electron chi connectivity index (χ0n) is 7.60. The SMILES string of the molecule is C=C(CN)c1cn(C)nc1C(F)(F)F. The van der Waals surface area contributed by atoms with Crippen molar-refractivity contribution < 1.29 is 13.2 Å². The van der Waals surface area contributed by atoms with Gasteiger partial charge >= 0.3 is 6.18 Å². The molecule has 1 rings (SSSR count). The summed E-state index contributed by atoms with van der Waals surface area (Å²) in [6.07, 6.45) is -3.20. The van der Waals surface area contributed by atoms with Gasteiger partial charge in [0.1, 0.15) is 0 Å². The van der Waals surface area contributed by atoms with E-state index in [1.807, 2.05) is 0 Å². The maximum absolute atomic E-state index is 12.4. The molecule has 0 aliphatic heterocycles. The molecule has 0 atom stereocenters. The fourth-order valence-corrected chi connectivity index (χ4v) is 1.07. The second-order valence-corrected chi connectivity index (χ2v) is 2.87. The Balaban J connectivity index is 3.23. The van der Waals surface area contributed by atoms with Crippen LogP contribution in [0.25, 0.3) is 5.57 Å². The first-order chi connectivity index (χ1) is 6.36. The number of aromatic nitrogens is 2. The average molecular weight is 205 g/mol. The first-order valence-electron chi connectivity index (χ1n) is 3.85. The zero-order valence-corrected chi connectivity index (χ0v) is 7.60. The topological polar surface area (TPSA) is 43.8 Å². The highest BCUT2D eigenvalue weighted by Crippen LogP contribution is 2.32. The molecule has 0 unspecified atom stereocenters. The van der Waals surface area contributed by atoms with Gasteiger partial charge in [-0.2, -0.15) is 18.3 Å². The first kappa shape index (κ1) is 10.8. The number of halogens is 3. The fourth-order valence-electron chi connectivity index (χ4n) is 1.07. The van der Waals surface area contributed by atoms with Crippen molar-refractivity contribution in [3.05, 3.63) is 24.0 Å². The molecule has 0 radical (unpaired) electrons. The molecular formula is C8H10F3N3. The van der Waals surface area contributed by atoms with Crippen LogP contribution in [0.2, 0.25) is 0 Å². The molecular weight excluding hydrogens is 195 g/mol. The Morgan fingerprint density at radius 2 is 2.21 bits per heavy atom. The number of nitrogens with zero attached hydrogens (tertiary/aromatic N) is 2. The van der Waals surface area contributed by atoms with Crippen molar-refractivity contribution in [2.24, 2.45) is 12.8 Å². The smallest absolute Gasteiger partial charge is 0.326 e. The van der Waals surface area contributed by atoms with Crippen molar-refractivity contribution in [2.75, 3.05) is 6.54 Å². The van der Waals surface area contributed by atoms with E-state index in [0.717, 1.165) is 4.68 Å². The van der Waals surface area contributed by atoms with Gasteiger partial charge in [-0.25, -0.2) is 0 Å². The van der Waals surface area contributed by atoms with Crippen molar-refractivity contribution >= 4 is 5.57 Å². The summed E-state index contributed by atoms with van der Waals surface area (Å²) in [5, 5.41) is 3.33. The lowest BCUT2D eigenvalue weighted by atomic mass is 10.1. The van der Waals surface area contributed by atoms with Crippen molar-refractivity contribution in [3.8, 4) is 0 Å². The third-order valence-corrected chi connectivity index (χ3v) is 1.72. The van der Waals surface area contributed by atoms with Crippen LogP contribution in [0, 0.1) is 0 Å². The Kier molecular flexibility index (Phi) is 2.66. The highest BCUT2D eigenvalue weighted by atomic mass is 19.4. The van der Waals surface area contributed by atoms with Crippen LogP contribution in [0.1, 0.15) is 11.3 Å². The maximum Gasteiger partial charge on any atom is 0.435 e. The normalized spacial score (nSPS) is 11.8. The van der Waals surface area contributed by atoms with Crippen LogP contribution in [-0.4, -0.2) is 16.3 Å². The molecule has 1 heterocycles. The zero-order chi connectivity index (χ0) is 10.9. The van der Waals surface area contributed by atoms with Crippen LogP contribution in [0.3, 0.4) is 0 Å². The van der Waals surface area contributed by atoms with E-state index in [0.29, 0.717) is 0 Å². The molecule has 0 aliphatic carbocycles. The molecule has 0 spiro atoms. The second-order valence-electron chi connectivity index (χ2n) is 2.87. The summed E-state index contributed by atoms with van der Waals surface area (Å²) < 4.78 is 38.3. The average Bonchev–Trinajstić information content (AvgIpc) is 2.45. The standard InChI is InChI=1S/C8H10F3N3/c1-5(3-12)6-4-14(2)13-7(6)8(9,10)11/h4H,1,3,12H2,2H3. The Morgan fingerprint density at radius 3 is 2.64 bits per heavy atom. The summed E-state index contributed by atoms with van der Waals surface area (Å²) in [4.78, 5) is 0. The molecule has 3 nitrogen and oxygen atoms in total. The van der Waals surface area contributed by atoms with Gasteiger partial charge in [0.25, 0.3) is 0 Å². The number of alkyl halides is 3. The fraction of sp³-hybridized carbons (Fsp3) is 0.375. The molecule has 0 amide bonds. The quantitative estimate of drug-likeness (QED) is 0.793. The van der Waals surface area contributed by atoms with Crippen LogP contribution < -0.4 is 5.73 Å². The van der Waals surface area contributed by atoms with Crippen molar-refractivity contribution in [3.63, 3.8) is 0 Å². The molecule has 1 aromatic heterocycles. The van der Waals surface area contributed by atoms with Gasteiger partial charge in [0.05, 0.1) is 0 Å². The Hall–Kier alpha value is -1.30. The minimum Gasteiger partial charge on any atom is -0.326 e. The monoisotopic (exact) mass is 205 g/mol. The van der Waals surface area contributed by atoms with Crippen molar-refractivity contribution in [1.82, 2.24) is 9.78 Å². The first-order valence-corrected chi connectivity index (χ1v) is 3.85. The van der Waals surface area contributed by atoms with E-state index in [1.165, 1.54) is 13.2 Å². The van der Waals surface area contributed by atoms with E-state index in [1.54, 1.807) is 0 Å². The number of hydrogen-bond donors (Lipinski definition) is 1. The summed E-state index contributed by atoms with van der Waals surface area (Å²) in [5.41, 5.74) is 4.47. The Labute approximate surface area is 79.0 Å². The molecule has 14 heavy (non-hydrogen) atoms. The lowest BCUT2D eigenvalue weighted by Crippen LogP contribution is -2.11. The number of aryl methyl sites for hydroxylation is 1. The molecule has 0 aromatic carbocycles.